The van der Waals surface area contributed by atoms with Gasteiger partial charge in [-0.2, -0.15) is 0 Å². The minimum Gasteiger partial charge on any atom is -0.310 e. The lowest BCUT2D eigenvalue weighted by molar-refractivity contribution is 1.18. The molecule has 0 aliphatic rings. The van der Waals surface area contributed by atoms with Crippen LogP contribution in [-0.4, -0.2) is 4.57 Å². The number of benzene rings is 9. The Hall–Kier alpha value is -6.94. The first-order valence-corrected chi connectivity index (χ1v) is 19.6. The molecule has 0 bridgehead atoms. The molecule has 3 heteroatoms. The van der Waals surface area contributed by atoms with Crippen molar-refractivity contribution in [2.24, 2.45) is 0 Å². The van der Waals surface area contributed by atoms with E-state index in [1.165, 1.54) is 86.4 Å². The van der Waals surface area contributed by atoms with Crippen LogP contribution >= 0.6 is 11.3 Å². The predicted molar refractivity (Wildman–Crippen MR) is 237 cm³/mol. The van der Waals surface area contributed by atoms with Crippen molar-refractivity contribution in [2.45, 2.75) is 0 Å². The highest BCUT2D eigenvalue weighted by molar-refractivity contribution is 7.26. The summed E-state index contributed by atoms with van der Waals surface area (Å²) in [5, 5.41) is 7.55. The Morgan fingerprint density at radius 2 is 1.02 bits per heavy atom. The first-order chi connectivity index (χ1) is 27.3. The number of fused-ring (bicyclic) bond motifs is 7. The van der Waals surface area contributed by atoms with Crippen LogP contribution in [0.2, 0.25) is 0 Å². The minimum atomic E-state index is 1.12. The molecule has 0 atom stereocenters. The topological polar surface area (TPSA) is 8.17 Å². The molecule has 0 saturated heterocycles. The highest BCUT2D eigenvalue weighted by Gasteiger charge is 2.20. The molecule has 0 N–H and O–H groups in total. The molecule has 0 saturated carbocycles. The van der Waals surface area contributed by atoms with E-state index in [2.05, 4.69) is 216 Å². The number of hydrogen-bond donors (Lipinski definition) is 0. The van der Waals surface area contributed by atoms with Gasteiger partial charge in [0.1, 0.15) is 0 Å². The molecule has 0 unspecified atom stereocenters. The normalized spacial score (nSPS) is 11.6. The average molecular weight is 719 g/mol. The van der Waals surface area contributed by atoms with Crippen molar-refractivity contribution in [1.82, 2.24) is 4.57 Å². The fraction of sp³-hybridized carbons (Fsp3) is 0. The van der Waals surface area contributed by atoms with Crippen molar-refractivity contribution in [3.8, 4) is 27.9 Å². The van der Waals surface area contributed by atoms with Gasteiger partial charge in [-0.3, -0.25) is 0 Å². The van der Waals surface area contributed by atoms with Crippen LogP contribution in [0, 0.1) is 0 Å². The van der Waals surface area contributed by atoms with Gasteiger partial charge in [-0.1, -0.05) is 127 Å². The van der Waals surface area contributed by atoms with Gasteiger partial charge in [0.2, 0.25) is 0 Å². The Labute approximate surface area is 323 Å². The molecule has 0 aliphatic carbocycles. The molecule has 0 fully saturated rings. The van der Waals surface area contributed by atoms with Crippen molar-refractivity contribution < 1.29 is 0 Å². The molecule has 0 radical (unpaired) electrons. The molecule has 2 heterocycles. The molecule has 0 aliphatic heterocycles. The quantitative estimate of drug-likeness (QED) is 0.166. The van der Waals surface area contributed by atoms with E-state index in [-0.39, 0.29) is 0 Å². The fourth-order valence-electron chi connectivity index (χ4n) is 8.38. The summed E-state index contributed by atoms with van der Waals surface area (Å²) in [5.41, 5.74) is 11.8. The zero-order chi connectivity index (χ0) is 36.3. The Bertz CT molecular complexity index is 3190. The van der Waals surface area contributed by atoms with Crippen LogP contribution in [0.25, 0.3) is 80.7 Å². The van der Waals surface area contributed by atoms with E-state index < -0.39 is 0 Å². The summed E-state index contributed by atoms with van der Waals surface area (Å²) in [7, 11) is 0. The van der Waals surface area contributed by atoms with Gasteiger partial charge in [-0.05, 0) is 112 Å². The van der Waals surface area contributed by atoms with Crippen LogP contribution in [0.15, 0.2) is 206 Å². The van der Waals surface area contributed by atoms with Gasteiger partial charge in [0.25, 0.3) is 0 Å². The van der Waals surface area contributed by atoms with Crippen LogP contribution in [0.4, 0.5) is 17.1 Å². The summed E-state index contributed by atoms with van der Waals surface area (Å²) in [6.07, 6.45) is 0. The Kier molecular flexibility index (Phi) is 7.39. The maximum atomic E-state index is 2.43. The van der Waals surface area contributed by atoms with Crippen molar-refractivity contribution >= 4 is 81.1 Å². The van der Waals surface area contributed by atoms with Gasteiger partial charge in [0.05, 0.1) is 16.7 Å². The zero-order valence-electron chi connectivity index (χ0n) is 29.9. The van der Waals surface area contributed by atoms with Crippen LogP contribution < -0.4 is 4.90 Å². The highest BCUT2D eigenvalue weighted by Crippen LogP contribution is 2.46. The van der Waals surface area contributed by atoms with Crippen molar-refractivity contribution in [1.29, 1.82) is 0 Å². The molecular weight excluding hydrogens is 685 g/mol. The van der Waals surface area contributed by atoms with E-state index in [1.807, 2.05) is 11.3 Å². The lowest BCUT2D eigenvalue weighted by Gasteiger charge is -2.27. The molecule has 11 aromatic rings. The molecule has 0 amide bonds. The van der Waals surface area contributed by atoms with E-state index in [0.29, 0.717) is 0 Å². The summed E-state index contributed by atoms with van der Waals surface area (Å²) in [6, 6.07) is 75.2. The zero-order valence-corrected chi connectivity index (χ0v) is 30.7. The molecule has 11 rings (SSSR count). The van der Waals surface area contributed by atoms with E-state index in [0.717, 1.165) is 11.4 Å². The number of thiophene rings is 1. The third-order valence-electron chi connectivity index (χ3n) is 10.9. The second-order valence-electron chi connectivity index (χ2n) is 14.2. The second kappa shape index (κ2) is 12.9. The fourth-order valence-corrected chi connectivity index (χ4v) is 9.50. The molecule has 2 aromatic heterocycles. The summed E-state index contributed by atoms with van der Waals surface area (Å²) < 4.78 is 4.98. The Morgan fingerprint density at radius 1 is 0.364 bits per heavy atom. The van der Waals surface area contributed by atoms with Gasteiger partial charge in [0, 0.05) is 48.0 Å². The molecule has 0 spiro atoms. The first-order valence-electron chi connectivity index (χ1n) is 18.8. The number of hydrogen-bond acceptors (Lipinski definition) is 2. The number of nitrogens with zero attached hydrogens (tertiary/aromatic N) is 2. The maximum absolute atomic E-state index is 2.43. The Balaban J connectivity index is 1.07. The number of anilines is 3. The van der Waals surface area contributed by atoms with Crippen molar-refractivity contribution in [3.63, 3.8) is 0 Å². The molecule has 2 nitrogen and oxygen atoms in total. The first kappa shape index (κ1) is 31.6. The van der Waals surface area contributed by atoms with E-state index in [1.54, 1.807) is 0 Å². The van der Waals surface area contributed by atoms with Gasteiger partial charge < -0.3 is 9.47 Å². The molecule has 9 aromatic carbocycles. The molecule has 258 valence electrons. The number of rotatable bonds is 6. The summed E-state index contributed by atoms with van der Waals surface area (Å²) in [5.74, 6) is 0. The van der Waals surface area contributed by atoms with Gasteiger partial charge in [-0.25, -0.2) is 0 Å². The third kappa shape index (κ3) is 5.32. The van der Waals surface area contributed by atoms with Crippen LogP contribution in [0.3, 0.4) is 0 Å². The van der Waals surface area contributed by atoms with Gasteiger partial charge >= 0.3 is 0 Å². The van der Waals surface area contributed by atoms with E-state index in [4.69, 9.17) is 0 Å². The van der Waals surface area contributed by atoms with Crippen LogP contribution in [-0.2, 0) is 0 Å². The molecular formula is C52H34N2S. The van der Waals surface area contributed by atoms with E-state index in [9.17, 15) is 0 Å². The van der Waals surface area contributed by atoms with Gasteiger partial charge in [0.15, 0.2) is 0 Å². The van der Waals surface area contributed by atoms with Gasteiger partial charge in [-0.15, -0.1) is 11.3 Å². The number of aromatic nitrogens is 1. The number of para-hydroxylation sites is 2. The largest absolute Gasteiger partial charge is 0.310 e. The lowest BCUT2D eigenvalue weighted by Crippen LogP contribution is -2.10. The van der Waals surface area contributed by atoms with Crippen LogP contribution in [0.5, 0.6) is 0 Å². The highest BCUT2D eigenvalue weighted by atomic mass is 32.1. The summed E-state index contributed by atoms with van der Waals surface area (Å²) in [6.45, 7) is 0. The monoisotopic (exact) mass is 718 g/mol. The van der Waals surface area contributed by atoms with Crippen LogP contribution in [0.1, 0.15) is 0 Å². The summed E-state index contributed by atoms with van der Waals surface area (Å²) >= 11 is 1.86. The average Bonchev–Trinajstić information content (AvgIpc) is 3.80. The lowest BCUT2D eigenvalue weighted by atomic mass is 9.98. The SMILES string of the molecule is c1ccc(-c2ccc(N(c3cccc(-c4ccc5cc6c(cc5c4)c4ccccc4n6-c4ccccc4)c3)c3cccc4sc5ccccc5c34)cc2)cc1. The van der Waals surface area contributed by atoms with Crippen molar-refractivity contribution in [3.05, 3.63) is 206 Å². The standard InChI is InChI=1S/C52H34N2S/c1-3-13-35(14-4-1)36-27-29-42(30-28-36)53(48-22-12-24-51-52(48)45-20-8-10-23-50(45)55-51)43-18-11-15-37(32-43)38-25-26-39-34-49-46(33-40(39)31-38)44-19-7-9-21-47(44)54(49)41-16-5-2-6-17-41/h1-34H. The minimum absolute atomic E-state index is 1.12. The second-order valence-corrected chi connectivity index (χ2v) is 15.3. The maximum Gasteiger partial charge on any atom is 0.0554 e. The van der Waals surface area contributed by atoms with E-state index >= 15 is 0 Å². The predicted octanol–water partition coefficient (Wildman–Crippen LogP) is 15.1. The smallest absolute Gasteiger partial charge is 0.0554 e. The third-order valence-corrected chi connectivity index (χ3v) is 12.1. The molecule has 55 heavy (non-hydrogen) atoms. The Morgan fingerprint density at radius 3 is 1.87 bits per heavy atom. The summed E-state index contributed by atoms with van der Waals surface area (Å²) in [4.78, 5) is 2.43. The van der Waals surface area contributed by atoms with Crippen molar-refractivity contribution in [2.75, 3.05) is 4.90 Å².